The van der Waals surface area contributed by atoms with Crippen LogP contribution in [-0.2, 0) is 14.3 Å². The first-order valence-corrected chi connectivity index (χ1v) is 24.7. The second-order valence-electron chi connectivity index (χ2n) is 17.4. The summed E-state index contributed by atoms with van der Waals surface area (Å²) in [5.74, 6) is -0.623. The Kier molecular flexibility index (Phi) is 37.2. The van der Waals surface area contributed by atoms with E-state index in [1.165, 1.54) is 154 Å². The molecule has 0 aliphatic carbocycles. The highest BCUT2D eigenvalue weighted by molar-refractivity contribution is 5.80. The quantitative estimate of drug-likeness (QED) is 0.0234. The molecule has 1 aliphatic rings. The normalized spacial score (nSPS) is 21.4. The van der Waals surface area contributed by atoms with Gasteiger partial charge in [-0.3, -0.25) is 4.79 Å². The number of rotatable bonds is 41. The largest absolute Gasteiger partial charge is 0.394 e. The molecule has 59 heavy (non-hydrogen) atoms. The van der Waals surface area contributed by atoms with Crippen molar-refractivity contribution < 1.29 is 44.9 Å². The molecule has 1 heterocycles. The van der Waals surface area contributed by atoms with Gasteiger partial charge in [-0.05, 0) is 32.1 Å². The fourth-order valence-electron chi connectivity index (χ4n) is 7.83. The zero-order valence-corrected chi connectivity index (χ0v) is 37.9. The average molecular weight is 840 g/mol. The Morgan fingerprint density at radius 3 is 1.47 bits per heavy atom. The predicted molar refractivity (Wildman–Crippen MR) is 241 cm³/mol. The molecule has 1 saturated heterocycles. The Morgan fingerprint density at radius 1 is 0.576 bits per heavy atom. The van der Waals surface area contributed by atoms with E-state index in [0.717, 1.165) is 32.1 Å². The molecule has 0 aromatic rings. The molecule has 0 aromatic carbocycles. The summed E-state index contributed by atoms with van der Waals surface area (Å²) in [6.45, 7) is 3.60. The monoisotopic (exact) mass is 840 g/mol. The van der Waals surface area contributed by atoms with E-state index in [4.69, 9.17) is 9.47 Å². The van der Waals surface area contributed by atoms with E-state index in [0.29, 0.717) is 19.3 Å². The van der Waals surface area contributed by atoms with E-state index in [1.54, 1.807) is 6.08 Å². The summed E-state index contributed by atoms with van der Waals surface area (Å²) in [5.41, 5.74) is 0. The molecule has 8 unspecified atom stereocenters. The maximum atomic E-state index is 13.1. The minimum Gasteiger partial charge on any atom is -0.394 e. The summed E-state index contributed by atoms with van der Waals surface area (Å²) in [6.07, 6.45) is 36.9. The van der Waals surface area contributed by atoms with Crippen molar-refractivity contribution in [1.82, 2.24) is 5.32 Å². The van der Waals surface area contributed by atoms with Crippen molar-refractivity contribution >= 4 is 5.91 Å². The number of carbonyl (C=O) groups excluding carboxylic acids is 1. The topological polar surface area (TPSA) is 169 Å². The average Bonchev–Trinajstić information content (AvgIpc) is 3.23. The van der Waals surface area contributed by atoms with Crippen LogP contribution in [0.5, 0.6) is 0 Å². The minimum absolute atomic E-state index is 0.308. The second kappa shape index (κ2) is 39.5. The van der Waals surface area contributed by atoms with Crippen LogP contribution in [0.4, 0.5) is 0 Å². The fourth-order valence-corrected chi connectivity index (χ4v) is 7.83. The number of amides is 1. The SMILES string of the molecule is CCCCCCCCCCCCC/C=C/CC/C=C/C(O)C(COC1OC(CO)C(O)C(O)C1O)NC(=O)C(O)CCCCCCCCCCCCCCCCCCC. The number of nitrogens with one attached hydrogen (secondary N) is 1. The molecule has 1 fully saturated rings. The fraction of sp³-hybridized carbons (Fsp3) is 0.898. The van der Waals surface area contributed by atoms with Crippen molar-refractivity contribution in [2.75, 3.05) is 13.2 Å². The van der Waals surface area contributed by atoms with Gasteiger partial charge < -0.3 is 45.4 Å². The lowest BCUT2D eigenvalue weighted by molar-refractivity contribution is -0.302. The van der Waals surface area contributed by atoms with Crippen LogP contribution in [-0.4, -0.2) is 98.7 Å². The van der Waals surface area contributed by atoms with Crippen LogP contribution in [0.3, 0.4) is 0 Å². The molecule has 0 spiro atoms. The van der Waals surface area contributed by atoms with Crippen LogP contribution < -0.4 is 5.32 Å². The summed E-state index contributed by atoms with van der Waals surface area (Å²) >= 11 is 0. The first-order chi connectivity index (χ1) is 28.8. The summed E-state index contributed by atoms with van der Waals surface area (Å²) in [5, 5.41) is 64.7. The second-order valence-corrected chi connectivity index (χ2v) is 17.4. The Balaban J connectivity index is 2.40. The van der Waals surface area contributed by atoms with Gasteiger partial charge in [0.25, 0.3) is 0 Å². The molecule has 10 nitrogen and oxygen atoms in total. The van der Waals surface area contributed by atoms with E-state index in [-0.39, 0.29) is 6.61 Å². The maximum Gasteiger partial charge on any atom is 0.249 e. The van der Waals surface area contributed by atoms with E-state index < -0.39 is 61.5 Å². The number of aliphatic hydroxyl groups excluding tert-OH is 6. The molecular formula is C49H93NO9. The molecule has 348 valence electrons. The molecule has 1 amide bonds. The number of hydrogen-bond acceptors (Lipinski definition) is 9. The molecule has 7 N–H and O–H groups in total. The van der Waals surface area contributed by atoms with Crippen molar-refractivity contribution in [2.24, 2.45) is 0 Å². The van der Waals surface area contributed by atoms with Gasteiger partial charge in [-0.25, -0.2) is 0 Å². The molecule has 10 heteroatoms. The molecule has 0 radical (unpaired) electrons. The van der Waals surface area contributed by atoms with Gasteiger partial charge in [-0.1, -0.05) is 212 Å². The summed E-state index contributed by atoms with van der Waals surface area (Å²) in [7, 11) is 0. The van der Waals surface area contributed by atoms with Crippen molar-refractivity contribution in [2.45, 2.75) is 268 Å². The molecular weight excluding hydrogens is 747 g/mol. The molecule has 0 bridgehead atoms. The van der Waals surface area contributed by atoms with E-state index in [9.17, 15) is 35.4 Å². The molecule has 0 saturated carbocycles. The van der Waals surface area contributed by atoms with Gasteiger partial charge in [-0.15, -0.1) is 0 Å². The van der Waals surface area contributed by atoms with E-state index >= 15 is 0 Å². The van der Waals surface area contributed by atoms with Gasteiger partial charge in [0.05, 0.1) is 25.4 Å². The maximum absolute atomic E-state index is 13.1. The van der Waals surface area contributed by atoms with Gasteiger partial charge in [0.2, 0.25) is 5.91 Å². The highest BCUT2D eigenvalue weighted by atomic mass is 16.7. The van der Waals surface area contributed by atoms with Gasteiger partial charge in [0, 0.05) is 0 Å². The number of hydrogen-bond donors (Lipinski definition) is 7. The van der Waals surface area contributed by atoms with E-state index in [2.05, 4.69) is 31.3 Å². The highest BCUT2D eigenvalue weighted by Gasteiger charge is 2.44. The van der Waals surface area contributed by atoms with E-state index in [1.807, 2.05) is 6.08 Å². The van der Waals surface area contributed by atoms with Crippen molar-refractivity contribution in [3.05, 3.63) is 24.3 Å². The lowest BCUT2D eigenvalue weighted by atomic mass is 9.99. The lowest BCUT2D eigenvalue weighted by Crippen LogP contribution is -2.60. The Hall–Kier alpha value is -1.37. The third-order valence-electron chi connectivity index (χ3n) is 11.9. The molecule has 1 rings (SSSR count). The van der Waals surface area contributed by atoms with Gasteiger partial charge in [0.1, 0.15) is 30.5 Å². The van der Waals surface area contributed by atoms with Crippen LogP contribution in [0, 0.1) is 0 Å². The Labute approximate surface area is 361 Å². The number of aliphatic hydroxyl groups is 6. The van der Waals surface area contributed by atoms with Crippen molar-refractivity contribution in [3.8, 4) is 0 Å². The van der Waals surface area contributed by atoms with Crippen molar-refractivity contribution in [3.63, 3.8) is 0 Å². The van der Waals surface area contributed by atoms with Crippen molar-refractivity contribution in [1.29, 1.82) is 0 Å². The Morgan fingerprint density at radius 2 is 1.00 bits per heavy atom. The molecule has 0 aromatic heterocycles. The highest BCUT2D eigenvalue weighted by Crippen LogP contribution is 2.23. The number of carbonyl (C=O) groups is 1. The number of allylic oxidation sites excluding steroid dienone is 3. The summed E-state index contributed by atoms with van der Waals surface area (Å²) in [6, 6.07) is -0.993. The third kappa shape index (κ3) is 29.5. The zero-order valence-electron chi connectivity index (χ0n) is 37.9. The molecule has 8 atom stereocenters. The predicted octanol–water partition coefficient (Wildman–Crippen LogP) is 9.64. The molecule has 1 aliphatic heterocycles. The smallest absolute Gasteiger partial charge is 0.249 e. The first-order valence-electron chi connectivity index (χ1n) is 24.7. The van der Waals surface area contributed by atoms with Gasteiger partial charge >= 0.3 is 0 Å². The van der Waals surface area contributed by atoms with Crippen LogP contribution in [0.15, 0.2) is 24.3 Å². The minimum atomic E-state index is -1.61. The number of unbranched alkanes of at least 4 members (excludes halogenated alkanes) is 28. The zero-order chi connectivity index (χ0) is 43.2. The summed E-state index contributed by atoms with van der Waals surface area (Å²) < 4.78 is 11.1. The van der Waals surface area contributed by atoms with Crippen LogP contribution in [0.25, 0.3) is 0 Å². The lowest BCUT2D eigenvalue weighted by Gasteiger charge is -2.40. The van der Waals surface area contributed by atoms with Crippen LogP contribution in [0.2, 0.25) is 0 Å². The third-order valence-corrected chi connectivity index (χ3v) is 11.9. The Bertz CT molecular complexity index is 995. The first kappa shape index (κ1) is 55.6. The number of ether oxygens (including phenoxy) is 2. The van der Waals surface area contributed by atoms with Gasteiger partial charge in [-0.2, -0.15) is 0 Å². The standard InChI is InChI=1S/C49H93NO9/c1-3-5-7-9-11-13-15-17-19-21-23-25-27-29-31-33-35-37-42(52)41(40-58-49-47(56)46(55)45(54)44(39-51)59-49)50-48(57)43(53)38-36-34-32-30-28-26-24-22-20-18-16-14-12-10-8-6-4-2/h27,29,35,37,41-47,49,51-56H,3-26,28,30-34,36,38-40H2,1-2H3,(H,50,57)/b29-27+,37-35+. The van der Waals surface area contributed by atoms with Crippen LogP contribution in [0.1, 0.15) is 219 Å². The summed E-state index contributed by atoms with van der Waals surface area (Å²) in [4.78, 5) is 13.1. The van der Waals surface area contributed by atoms with Crippen LogP contribution >= 0.6 is 0 Å². The van der Waals surface area contributed by atoms with Gasteiger partial charge in [0.15, 0.2) is 6.29 Å².